The van der Waals surface area contributed by atoms with Crippen molar-refractivity contribution in [1.29, 1.82) is 0 Å². The molecule has 2 aromatic rings. The molecule has 3 aliphatic heterocycles. The van der Waals surface area contributed by atoms with Gasteiger partial charge in [-0.3, -0.25) is 4.79 Å². The standard InChI is InChI=1S/C22H22N4O3S/c1-2-28-12-16-11-23-22-26(16)25-20(14-6-4-3-5-7-14)21(30-22)15-8-9-18-17(10-15)24-19(27)13-29-18/h3-11,20-21,25H,2,12-13H2,1H3,(H,24,27)/q+1. The van der Waals surface area contributed by atoms with Crippen molar-refractivity contribution in [2.24, 2.45) is 4.99 Å². The zero-order valence-corrected chi connectivity index (χ0v) is 17.3. The maximum absolute atomic E-state index is 11.8. The van der Waals surface area contributed by atoms with Crippen molar-refractivity contribution in [3.05, 3.63) is 71.6 Å². The van der Waals surface area contributed by atoms with Crippen LogP contribution in [0.2, 0.25) is 0 Å². The molecule has 7 nitrogen and oxygen atoms in total. The Labute approximate surface area is 179 Å². The van der Waals surface area contributed by atoms with Crippen LogP contribution in [-0.4, -0.2) is 30.9 Å². The molecule has 5 rings (SSSR count). The van der Waals surface area contributed by atoms with Crippen molar-refractivity contribution in [2.45, 2.75) is 18.2 Å². The predicted octanol–water partition coefficient (Wildman–Crippen LogP) is 3.44. The molecule has 2 aromatic carbocycles. The highest BCUT2D eigenvalue weighted by atomic mass is 32.2. The Morgan fingerprint density at radius 1 is 1.23 bits per heavy atom. The summed E-state index contributed by atoms with van der Waals surface area (Å²) in [5.74, 6) is 0.564. The van der Waals surface area contributed by atoms with Gasteiger partial charge in [-0.1, -0.05) is 41.8 Å². The summed E-state index contributed by atoms with van der Waals surface area (Å²) in [5, 5.41) is 5.89. The Kier molecular flexibility index (Phi) is 5.30. The molecule has 2 atom stereocenters. The molecule has 2 N–H and O–H groups in total. The Morgan fingerprint density at radius 3 is 2.93 bits per heavy atom. The lowest BCUT2D eigenvalue weighted by molar-refractivity contribution is -0.118. The fraction of sp³-hybridized carbons (Fsp3) is 0.273. The van der Waals surface area contributed by atoms with E-state index >= 15 is 0 Å². The molecule has 1 radical (unpaired) electrons. The molecule has 3 aliphatic rings. The minimum Gasteiger partial charge on any atom is -0.482 e. The summed E-state index contributed by atoms with van der Waals surface area (Å²) in [6.07, 6.45) is 1.86. The van der Waals surface area contributed by atoms with Crippen molar-refractivity contribution < 1.29 is 14.3 Å². The molecule has 30 heavy (non-hydrogen) atoms. The zero-order valence-electron chi connectivity index (χ0n) is 16.5. The molecule has 0 bridgehead atoms. The van der Waals surface area contributed by atoms with Crippen LogP contribution in [0.1, 0.15) is 29.3 Å². The quantitative estimate of drug-likeness (QED) is 0.722. The van der Waals surface area contributed by atoms with Gasteiger partial charge in [-0.25, -0.2) is 0 Å². The van der Waals surface area contributed by atoms with Gasteiger partial charge in [0, 0.05) is 11.6 Å². The third-order valence-corrected chi connectivity index (χ3v) is 6.48. The lowest BCUT2D eigenvalue weighted by Crippen LogP contribution is -2.52. The number of carbonyl (C=O) groups is 1. The maximum Gasteiger partial charge on any atom is 0.341 e. The largest absolute Gasteiger partial charge is 0.482 e. The molecule has 0 saturated carbocycles. The Bertz CT molecular complexity index is 1020. The molecule has 0 aliphatic carbocycles. The van der Waals surface area contributed by atoms with Gasteiger partial charge in [0.1, 0.15) is 24.6 Å². The minimum absolute atomic E-state index is 0.0107. The number of hydrogen-bond acceptors (Lipinski definition) is 7. The normalized spacial score (nSPS) is 23.0. The first-order valence-corrected chi connectivity index (χ1v) is 10.8. The topological polar surface area (TPSA) is 77.9 Å². The first-order chi connectivity index (χ1) is 14.7. The molecule has 2 unspecified atom stereocenters. The van der Waals surface area contributed by atoms with Crippen LogP contribution in [0.5, 0.6) is 5.75 Å². The van der Waals surface area contributed by atoms with Crippen molar-refractivity contribution >= 4 is 28.5 Å². The molecule has 8 heteroatoms. The second kappa shape index (κ2) is 8.23. The SMILES string of the molecule is CCOCC1=CN=C2SC(c3ccc4c(c3)NC(=O)CO4)C(c3ccccc3)N[N+]12. The number of nitrogens with zero attached hydrogens (tertiary/aromatic N) is 2. The van der Waals surface area contributed by atoms with Crippen molar-refractivity contribution in [2.75, 3.05) is 25.1 Å². The van der Waals surface area contributed by atoms with Gasteiger partial charge < -0.3 is 14.8 Å². The zero-order chi connectivity index (χ0) is 20.5. The molecule has 153 valence electrons. The van der Waals surface area contributed by atoms with E-state index in [1.54, 1.807) is 11.8 Å². The van der Waals surface area contributed by atoms with E-state index in [0.717, 1.165) is 16.4 Å². The first-order valence-electron chi connectivity index (χ1n) is 9.92. The second-order valence-corrected chi connectivity index (χ2v) is 8.26. The molecular formula is C22H22N4O3S+. The van der Waals surface area contributed by atoms with E-state index in [2.05, 4.69) is 33.9 Å². The number of nitrogens with one attached hydrogen (secondary N) is 2. The monoisotopic (exact) mass is 422 g/mol. The maximum atomic E-state index is 11.8. The van der Waals surface area contributed by atoms with E-state index in [1.165, 1.54) is 5.56 Å². The smallest absolute Gasteiger partial charge is 0.341 e. The summed E-state index contributed by atoms with van der Waals surface area (Å²) < 4.78 is 11.1. The van der Waals surface area contributed by atoms with Crippen LogP contribution in [-0.2, 0) is 9.53 Å². The summed E-state index contributed by atoms with van der Waals surface area (Å²) in [6, 6.07) is 16.4. The molecule has 1 saturated heterocycles. The van der Waals surface area contributed by atoms with Crippen LogP contribution < -0.4 is 20.5 Å². The van der Waals surface area contributed by atoms with Gasteiger partial charge >= 0.3 is 5.17 Å². The molecule has 0 spiro atoms. The summed E-state index contributed by atoms with van der Waals surface area (Å²) in [5.41, 5.74) is 7.61. The number of anilines is 1. The van der Waals surface area contributed by atoms with Crippen LogP contribution in [0.15, 0.2) is 65.4 Å². The molecule has 0 aromatic heterocycles. The third kappa shape index (κ3) is 3.63. The van der Waals surface area contributed by atoms with Gasteiger partial charge in [0.15, 0.2) is 6.61 Å². The number of amidine groups is 1. The van der Waals surface area contributed by atoms with Crippen molar-refractivity contribution in [1.82, 2.24) is 10.4 Å². The average Bonchev–Trinajstić information content (AvgIpc) is 3.18. The summed E-state index contributed by atoms with van der Waals surface area (Å²) in [6.45, 7) is 3.20. The predicted molar refractivity (Wildman–Crippen MR) is 117 cm³/mol. The Morgan fingerprint density at radius 2 is 2.10 bits per heavy atom. The number of hydrogen-bond donors (Lipinski definition) is 2. The van der Waals surface area contributed by atoms with Crippen molar-refractivity contribution in [3.8, 4) is 5.75 Å². The number of amides is 1. The van der Waals surface area contributed by atoms with E-state index in [4.69, 9.17) is 9.47 Å². The Balaban J connectivity index is 1.48. The summed E-state index contributed by atoms with van der Waals surface area (Å²) >= 11 is 1.70. The molecular weight excluding hydrogens is 400 g/mol. The van der Waals surface area contributed by atoms with Gasteiger partial charge in [-0.15, -0.1) is 0 Å². The van der Waals surface area contributed by atoms with Gasteiger partial charge in [-0.2, -0.15) is 4.99 Å². The number of carbonyl (C=O) groups excluding carboxylic acids is 1. The number of fused-ring (bicyclic) bond motifs is 2. The number of benzene rings is 2. The van der Waals surface area contributed by atoms with E-state index in [9.17, 15) is 4.79 Å². The van der Waals surface area contributed by atoms with Gasteiger partial charge in [0.2, 0.25) is 5.70 Å². The fourth-order valence-corrected chi connectivity index (χ4v) is 4.99. The fourth-order valence-electron chi connectivity index (χ4n) is 3.73. The van der Waals surface area contributed by atoms with Crippen LogP contribution in [0.4, 0.5) is 5.69 Å². The summed E-state index contributed by atoms with van der Waals surface area (Å²) in [4.78, 5) is 16.4. The van der Waals surface area contributed by atoms with Crippen LogP contribution in [0.25, 0.3) is 0 Å². The number of hydrazine groups is 1. The number of aliphatic imine (C=N–C) groups is 1. The Hall–Kier alpha value is -2.65. The second-order valence-electron chi connectivity index (χ2n) is 7.15. The highest BCUT2D eigenvalue weighted by Crippen LogP contribution is 2.47. The van der Waals surface area contributed by atoms with Crippen LogP contribution in [0, 0.1) is 0 Å². The molecule has 3 heterocycles. The number of rotatable bonds is 5. The van der Waals surface area contributed by atoms with E-state index < -0.39 is 0 Å². The average molecular weight is 423 g/mol. The lowest BCUT2D eigenvalue weighted by atomic mass is 9.98. The highest BCUT2D eigenvalue weighted by Gasteiger charge is 2.47. The van der Waals surface area contributed by atoms with Gasteiger partial charge in [0.25, 0.3) is 5.91 Å². The van der Waals surface area contributed by atoms with Crippen molar-refractivity contribution in [3.63, 3.8) is 0 Å². The van der Waals surface area contributed by atoms with E-state index in [-0.39, 0.29) is 23.8 Å². The van der Waals surface area contributed by atoms with Crippen LogP contribution >= 0.6 is 11.8 Å². The number of ether oxygens (including phenoxy) is 2. The highest BCUT2D eigenvalue weighted by molar-refractivity contribution is 8.14. The molecule has 1 fully saturated rings. The third-order valence-electron chi connectivity index (χ3n) is 5.18. The van der Waals surface area contributed by atoms with Crippen LogP contribution in [0.3, 0.4) is 0 Å². The molecule has 1 amide bonds. The van der Waals surface area contributed by atoms with Gasteiger partial charge in [0.05, 0.1) is 10.9 Å². The first kappa shape index (κ1) is 19.3. The minimum atomic E-state index is -0.134. The number of thioether (sulfide) groups is 1. The van der Waals surface area contributed by atoms with Gasteiger partial charge in [-0.05, 0) is 41.9 Å². The lowest BCUT2D eigenvalue weighted by Gasteiger charge is -2.32. The van der Waals surface area contributed by atoms with E-state index in [1.807, 2.05) is 48.5 Å². The summed E-state index contributed by atoms with van der Waals surface area (Å²) in [7, 11) is 0. The van der Waals surface area contributed by atoms with E-state index in [0.29, 0.717) is 24.7 Å².